The first kappa shape index (κ1) is 28.2. The maximum Gasteiger partial charge on any atom is 0.213 e. The summed E-state index contributed by atoms with van der Waals surface area (Å²) in [5, 5.41) is 5.00. The molecule has 0 atom stereocenters. The largest absolute Gasteiger partial charge is 0.371 e. The number of nitrogens with zero attached hydrogens (tertiary/aromatic N) is 8. The molecule has 8 rings (SSSR count). The fourth-order valence-electron chi connectivity index (χ4n) is 6.43. The van der Waals surface area contributed by atoms with Gasteiger partial charge < -0.3 is 9.47 Å². The molecule has 0 unspecified atom stereocenters. The summed E-state index contributed by atoms with van der Waals surface area (Å²) in [5.74, 6) is 0.173. The highest BCUT2D eigenvalue weighted by Gasteiger charge is 2.36. The molecule has 9 nitrogen and oxygen atoms in total. The molecular weight excluding hydrogens is 586 g/mol. The number of aromatic nitrogens is 7. The van der Waals surface area contributed by atoms with Gasteiger partial charge in [-0.25, -0.2) is 23.9 Å². The van der Waals surface area contributed by atoms with Crippen LogP contribution in [0.4, 0.5) is 14.5 Å². The third-order valence-electron chi connectivity index (χ3n) is 8.86. The molecule has 1 saturated carbocycles. The Labute approximate surface area is 263 Å². The lowest BCUT2D eigenvalue weighted by Crippen LogP contribution is -2.35. The Hall–Kier alpha value is -5.32. The normalized spacial score (nSPS) is 15.5. The zero-order valence-corrected chi connectivity index (χ0v) is 24.9. The number of anilines is 1. The van der Waals surface area contributed by atoms with Crippen molar-refractivity contribution in [2.75, 3.05) is 18.0 Å². The van der Waals surface area contributed by atoms with Crippen LogP contribution in [0, 0.1) is 11.8 Å². The molecule has 0 spiro atoms. The Balaban J connectivity index is 1.18. The molecule has 0 N–H and O–H groups in total. The summed E-state index contributed by atoms with van der Waals surface area (Å²) in [6.45, 7) is 1.80. The Bertz CT molecular complexity index is 2040. The van der Waals surface area contributed by atoms with Crippen molar-refractivity contribution in [3.05, 3.63) is 114 Å². The van der Waals surface area contributed by atoms with E-state index in [1.54, 1.807) is 22.8 Å². The van der Waals surface area contributed by atoms with Crippen LogP contribution < -0.4 is 4.90 Å². The van der Waals surface area contributed by atoms with Gasteiger partial charge in [-0.15, -0.1) is 0 Å². The molecule has 1 aromatic carbocycles. The van der Waals surface area contributed by atoms with Gasteiger partial charge in [0, 0.05) is 66.5 Å². The number of fused-ring (bicyclic) bond motifs is 1. The predicted octanol–water partition coefficient (Wildman–Crippen LogP) is 6.47. The molecule has 1 aliphatic heterocycles. The zero-order chi connectivity index (χ0) is 31.2. The number of pyridine rings is 2. The van der Waals surface area contributed by atoms with E-state index in [-0.39, 0.29) is 29.6 Å². The number of imidazole rings is 2. The molecule has 0 radical (unpaired) electrons. The summed E-state index contributed by atoms with van der Waals surface area (Å²) in [5.41, 5.74) is 5.76. The lowest BCUT2D eigenvalue weighted by molar-refractivity contribution is 0.0991. The van der Waals surface area contributed by atoms with Crippen LogP contribution in [0.1, 0.15) is 59.5 Å². The van der Waals surface area contributed by atoms with E-state index in [1.165, 1.54) is 30.1 Å². The lowest BCUT2D eigenvalue weighted by atomic mass is 10.0. The second kappa shape index (κ2) is 11.6. The van der Waals surface area contributed by atoms with Crippen LogP contribution in [0.5, 0.6) is 0 Å². The summed E-state index contributed by atoms with van der Waals surface area (Å²) in [7, 11) is 0. The van der Waals surface area contributed by atoms with Gasteiger partial charge in [-0.3, -0.25) is 9.78 Å². The highest BCUT2D eigenvalue weighted by atomic mass is 19.1. The number of halogens is 2. The van der Waals surface area contributed by atoms with Gasteiger partial charge in [0.15, 0.2) is 11.4 Å². The van der Waals surface area contributed by atoms with Gasteiger partial charge in [0.1, 0.15) is 17.3 Å². The van der Waals surface area contributed by atoms with Gasteiger partial charge in [0.2, 0.25) is 5.95 Å². The van der Waals surface area contributed by atoms with Crippen LogP contribution in [0.2, 0.25) is 0 Å². The van der Waals surface area contributed by atoms with Gasteiger partial charge in [0.25, 0.3) is 0 Å². The first-order valence-corrected chi connectivity index (χ1v) is 15.5. The van der Waals surface area contributed by atoms with Crippen molar-refractivity contribution >= 4 is 17.1 Å². The molecule has 11 heteroatoms. The number of carbonyl (C=O) groups excluding carboxylic acids is 1. The van der Waals surface area contributed by atoms with E-state index in [1.807, 2.05) is 36.7 Å². The van der Waals surface area contributed by atoms with Crippen molar-refractivity contribution in [3.63, 3.8) is 0 Å². The van der Waals surface area contributed by atoms with Gasteiger partial charge >= 0.3 is 0 Å². The second-order valence-corrected chi connectivity index (χ2v) is 12.0. The van der Waals surface area contributed by atoms with E-state index in [0.29, 0.717) is 23.0 Å². The second-order valence-electron chi connectivity index (χ2n) is 12.0. The van der Waals surface area contributed by atoms with Crippen molar-refractivity contribution in [3.8, 4) is 22.6 Å². The number of ketones is 1. The molecule has 2 fully saturated rings. The van der Waals surface area contributed by atoms with Crippen LogP contribution in [0.25, 0.3) is 28.3 Å². The number of hydrogen-bond donors (Lipinski definition) is 0. The maximum absolute atomic E-state index is 14.0. The minimum atomic E-state index is -0.700. The molecule has 5 aromatic heterocycles. The van der Waals surface area contributed by atoms with Crippen molar-refractivity contribution in [2.45, 2.75) is 44.1 Å². The maximum atomic E-state index is 14.0. The molecule has 1 saturated heterocycles. The van der Waals surface area contributed by atoms with E-state index in [0.717, 1.165) is 67.6 Å². The zero-order valence-electron chi connectivity index (χ0n) is 24.9. The molecule has 1 aliphatic carbocycles. The van der Waals surface area contributed by atoms with Gasteiger partial charge in [-0.05, 0) is 80.3 Å². The predicted molar refractivity (Wildman–Crippen MR) is 169 cm³/mol. The number of benzene rings is 1. The Morgan fingerprint density at radius 3 is 2.39 bits per heavy atom. The van der Waals surface area contributed by atoms with E-state index < -0.39 is 5.95 Å². The van der Waals surface area contributed by atoms with E-state index >= 15 is 0 Å². The fraction of sp³-hybridized carbons (Fsp3) is 0.257. The van der Waals surface area contributed by atoms with Crippen LogP contribution >= 0.6 is 0 Å². The average molecular weight is 617 g/mol. The first-order chi connectivity index (χ1) is 22.5. The van der Waals surface area contributed by atoms with Crippen molar-refractivity contribution in [1.29, 1.82) is 0 Å². The molecule has 6 heterocycles. The van der Waals surface area contributed by atoms with E-state index in [4.69, 9.17) is 10.1 Å². The van der Waals surface area contributed by atoms with Crippen molar-refractivity contribution in [2.24, 2.45) is 0 Å². The third-order valence-corrected chi connectivity index (χ3v) is 8.86. The van der Waals surface area contributed by atoms with Crippen molar-refractivity contribution in [1.82, 2.24) is 34.1 Å². The van der Waals surface area contributed by atoms with Gasteiger partial charge in [-0.1, -0.05) is 0 Å². The lowest BCUT2D eigenvalue weighted by Gasteiger charge is -2.35. The number of rotatable bonds is 8. The molecule has 46 heavy (non-hydrogen) atoms. The molecule has 0 amide bonds. The molecular formula is C35H30F2N8O. The molecule has 230 valence electrons. The quantitative estimate of drug-likeness (QED) is 0.143. The van der Waals surface area contributed by atoms with Gasteiger partial charge in [-0.2, -0.15) is 9.49 Å². The Morgan fingerprint density at radius 1 is 0.870 bits per heavy atom. The Kier molecular flexibility index (Phi) is 7.08. The number of hydrogen-bond acceptors (Lipinski definition) is 7. The smallest absolute Gasteiger partial charge is 0.213 e. The summed E-state index contributed by atoms with van der Waals surface area (Å²) in [6, 6.07) is 17.2. The fourth-order valence-corrected chi connectivity index (χ4v) is 6.43. The number of carbonyl (C=O) groups is 1. The standard InChI is InChI=1S/C35H30F2N8O/c36-25-5-3-22(4-6-25)33-34(29-7-8-32-40-26(21-44(32)42-29)20-30(46)24-9-16-39-31(37)19-24)45(35(41-33)23-1-2-23)28-12-17-43(18-13-28)27-10-14-38-15-11-27/h3-11,14-16,19,21,23,28H,1-2,12-13,17-18,20H2. The molecule has 0 bridgehead atoms. The Morgan fingerprint density at radius 2 is 1.65 bits per heavy atom. The molecule has 6 aromatic rings. The highest BCUT2D eigenvalue weighted by Crippen LogP contribution is 2.46. The van der Waals surface area contributed by atoms with E-state index in [2.05, 4.69) is 24.4 Å². The van der Waals surface area contributed by atoms with Crippen LogP contribution in [-0.4, -0.2) is 53.0 Å². The number of piperidine rings is 1. The minimum Gasteiger partial charge on any atom is -0.371 e. The van der Waals surface area contributed by atoms with Crippen LogP contribution in [-0.2, 0) is 6.42 Å². The summed E-state index contributed by atoms with van der Waals surface area (Å²) in [6.07, 6.45) is 10.7. The summed E-state index contributed by atoms with van der Waals surface area (Å²) < 4.78 is 31.7. The highest BCUT2D eigenvalue weighted by molar-refractivity contribution is 5.97. The monoisotopic (exact) mass is 616 g/mol. The third kappa shape index (κ3) is 5.42. The first-order valence-electron chi connectivity index (χ1n) is 15.5. The molecule has 2 aliphatic rings. The summed E-state index contributed by atoms with van der Waals surface area (Å²) in [4.78, 5) is 32.8. The van der Waals surface area contributed by atoms with E-state index in [9.17, 15) is 13.6 Å². The average Bonchev–Trinajstić information content (AvgIpc) is 3.73. The topological polar surface area (TPSA) is 94.1 Å². The number of Topliss-reactive ketones (excluding diaryl/α,β-unsaturated/α-hetero) is 1. The SMILES string of the molecule is O=C(Cc1cn2nc(-c3c(-c4ccc(F)cc4)nc(C4CC4)n3C3CCN(c4ccncc4)CC3)ccc2n1)c1ccnc(F)c1. The minimum absolute atomic E-state index is 0.00277. The summed E-state index contributed by atoms with van der Waals surface area (Å²) >= 11 is 0. The van der Waals surface area contributed by atoms with Gasteiger partial charge in [0.05, 0.1) is 29.7 Å². The van der Waals surface area contributed by atoms with Crippen LogP contribution in [0.3, 0.4) is 0 Å². The van der Waals surface area contributed by atoms with Crippen molar-refractivity contribution < 1.29 is 13.6 Å². The van der Waals surface area contributed by atoms with Crippen LogP contribution in [0.15, 0.2) is 85.5 Å².